The predicted octanol–water partition coefficient (Wildman–Crippen LogP) is 2.68. The lowest BCUT2D eigenvalue weighted by Gasteiger charge is -2.36. The molecule has 26 heavy (non-hydrogen) atoms. The molecule has 7 heteroatoms. The van der Waals surface area contributed by atoms with Gasteiger partial charge in [0.15, 0.2) is 0 Å². The molecule has 2 aromatic carbocycles. The van der Waals surface area contributed by atoms with Gasteiger partial charge in [0.05, 0.1) is 4.92 Å². The maximum Gasteiger partial charge on any atom is 0.293 e. The highest BCUT2D eigenvalue weighted by Gasteiger charge is 2.27. The molecule has 0 atom stereocenters. The van der Waals surface area contributed by atoms with Crippen LogP contribution in [-0.4, -0.2) is 48.2 Å². The zero-order valence-corrected chi connectivity index (χ0v) is 14.4. The van der Waals surface area contributed by atoms with E-state index in [0.717, 1.165) is 5.56 Å². The van der Waals surface area contributed by atoms with Crippen molar-refractivity contribution in [1.29, 1.82) is 0 Å². The molecule has 1 aliphatic rings. The van der Waals surface area contributed by atoms with Crippen LogP contribution < -0.4 is 4.90 Å². The van der Waals surface area contributed by atoms with Crippen LogP contribution in [0.2, 0.25) is 0 Å². The number of amides is 1. The predicted molar refractivity (Wildman–Crippen MR) is 97.8 cm³/mol. The Bertz CT molecular complexity index is 858. The van der Waals surface area contributed by atoms with Crippen LogP contribution in [0.4, 0.5) is 11.4 Å². The maximum absolute atomic E-state index is 12.7. The van der Waals surface area contributed by atoms with Crippen LogP contribution in [0.5, 0.6) is 0 Å². The maximum atomic E-state index is 12.7. The van der Waals surface area contributed by atoms with Gasteiger partial charge in [0.1, 0.15) is 12.0 Å². The molecule has 1 saturated heterocycles. The van der Waals surface area contributed by atoms with E-state index in [0.29, 0.717) is 43.7 Å². The minimum Gasteiger partial charge on any atom is -0.362 e. The Kier molecular flexibility index (Phi) is 4.97. The summed E-state index contributed by atoms with van der Waals surface area (Å²) in [5, 5.41) is 11.3. The zero-order chi connectivity index (χ0) is 18.7. The van der Waals surface area contributed by atoms with Gasteiger partial charge in [-0.25, -0.2) is 0 Å². The second-order valence-corrected chi connectivity index (χ2v) is 6.22. The van der Waals surface area contributed by atoms with E-state index in [9.17, 15) is 19.7 Å². The van der Waals surface area contributed by atoms with Crippen LogP contribution in [0.15, 0.2) is 42.5 Å². The lowest BCUT2D eigenvalue weighted by molar-refractivity contribution is -0.384. The number of carbonyl (C=O) groups is 2. The number of anilines is 1. The summed E-state index contributed by atoms with van der Waals surface area (Å²) in [6.45, 7) is 3.87. The fourth-order valence-corrected chi connectivity index (χ4v) is 3.16. The molecule has 1 amide bonds. The smallest absolute Gasteiger partial charge is 0.293 e. The van der Waals surface area contributed by atoms with E-state index < -0.39 is 4.92 Å². The highest BCUT2D eigenvalue weighted by molar-refractivity contribution is 5.95. The third kappa shape index (κ3) is 3.42. The van der Waals surface area contributed by atoms with Crippen molar-refractivity contribution in [2.75, 3.05) is 31.1 Å². The van der Waals surface area contributed by atoms with Gasteiger partial charge in [0.25, 0.3) is 11.6 Å². The number of nitrogens with zero attached hydrogens (tertiary/aromatic N) is 3. The fourth-order valence-electron chi connectivity index (χ4n) is 3.16. The van der Waals surface area contributed by atoms with Crippen LogP contribution in [0.25, 0.3) is 0 Å². The number of rotatable bonds is 4. The summed E-state index contributed by atoms with van der Waals surface area (Å²) in [5.74, 6) is -0.0199. The van der Waals surface area contributed by atoms with Gasteiger partial charge in [0, 0.05) is 43.4 Å². The second kappa shape index (κ2) is 7.35. The number of piperazine rings is 1. The van der Waals surface area contributed by atoms with E-state index in [1.165, 1.54) is 6.07 Å². The molecule has 0 aromatic heterocycles. The van der Waals surface area contributed by atoms with Crippen LogP contribution in [-0.2, 0) is 0 Å². The van der Waals surface area contributed by atoms with Crippen molar-refractivity contribution in [1.82, 2.24) is 4.90 Å². The summed E-state index contributed by atoms with van der Waals surface area (Å²) in [5.41, 5.74) is 2.27. The number of hydrogen-bond acceptors (Lipinski definition) is 5. The van der Waals surface area contributed by atoms with Crippen LogP contribution in [0, 0.1) is 17.0 Å². The third-order valence-electron chi connectivity index (χ3n) is 4.62. The molecule has 1 fully saturated rings. The Balaban J connectivity index is 1.75. The van der Waals surface area contributed by atoms with Crippen molar-refractivity contribution < 1.29 is 14.5 Å². The van der Waals surface area contributed by atoms with Gasteiger partial charge in [-0.1, -0.05) is 18.2 Å². The minimum absolute atomic E-state index is 0.0199. The van der Waals surface area contributed by atoms with Gasteiger partial charge in [-0.15, -0.1) is 0 Å². The monoisotopic (exact) mass is 353 g/mol. The summed E-state index contributed by atoms with van der Waals surface area (Å²) in [6.07, 6.45) is 0.593. The van der Waals surface area contributed by atoms with Crippen molar-refractivity contribution >= 4 is 23.6 Å². The molecule has 0 radical (unpaired) electrons. The molecule has 0 saturated carbocycles. The van der Waals surface area contributed by atoms with E-state index in [-0.39, 0.29) is 17.2 Å². The summed E-state index contributed by atoms with van der Waals surface area (Å²) >= 11 is 0. The van der Waals surface area contributed by atoms with Crippen molar-refractivity contribution in [2.45, 2.75) is 6.92 Å². The summed E-state index contributed by atoms with van der Waals surface area (Å²) in [6, 6.07) is 11.9. The van der Waals surface area contributed by atoms with Gasteiger partial charge in [-0.3, -0.25) is 19.7 Å². The zero-order valence-electron chi connectivity index (χ0n) is 14.4. The molecule has 0 unspecified atom stereocenters. The Morgan fingerprint density at radius 1 is 1.12 bits per heavy atom. The number of benzene rings is 2. The molecule has 7 nitrogen and oxygen atoms in total. The van der Waals surface area contributed by atoms with Crippen molar-refractivity contribution in [3.63, 3.8) is 0 Å². The number of aldehydes is 1. The molecule has 1 aliphatic heterocycles. The Labute approximate surface area is 151 Å². The lowest BCUT2D eigenvalue weighted by atomic mass is 10.1. The average molecular weight is 353 g/mol. The molecular weight excluding hydrogens is 334 g/mol. The van der Waals surface area contributed by atoms with E-state index >= 15 is 0 Å². The first kappa shape index (κ1) is 17.6. The molecule has 0 spiro atoms. The lowest BCUT2D eigenvalue weighted by Crippen LogP contribution is -2.49. The Morgan fingerprint density at radius 2 is 1.81 bits per heavy atom. The van der Waals surface area contributed by atoms with E-state index in [1.54, 1.807) is 17.0 Å². The van der Waals surface area contributed by atoms with Gasteiger partial charge in [-0.05, 0) is 30.7 Å². The van der Waals surface area contributed by atoms with Crippen molar-refractivity contribution in [3.8, 4) is 0 Å². The van der Waals surface area contributed by atoms with Gasteiger partial charge < -0.3 is 9.80 Å². The number of hydrogen-bond donors (Lipinski definition) is 0. The summed E-state index contributed by atoms with van der Waals surface area (Å²) in [4.78, 5) is 38.1. The largest absolute Gasteiger partial charge is 0.362 e. The first-order valence-electron chi connectivity index (χ1n) is 8.34. The number of nitro groups is 1. The number of aryl methyl sites for hydroxylation is 1. The topological polar surface area (TPSA) is 83.8 Å². The quantitative estimate of drug-likeness (QED) is 0.479. The summed E-state index contributed by atoms with van der Waals surface area (Å²) in [7, 11) is 0. The highest BCUT2D eigenvalue weighted by atomic mass is 16.6. The highest BCUT2D eigenvalue weighted by Crippen LogP contribution is 2.30. The third-order valence-corrected chi connectivity index (χ3v) is 4.62. The minimum atomic E-state index is -0.479. The summed E-state index contributed by atoms with van der Waals surface area (Å²) < 4.78 is 0. The van der Waals surface area contributed by atoms with Crippen LogP contribution in [0.3, 0.4) is 0 Å². The number of nitro benzene ring substituents is 1. The van der Waals surface area contributed by atoms with Gasteiger partial charge in [-0.2, -0.15) is 0 Å². The average Bonchev–Trinajstić information content (AvgIpc) is 2.67. The van der Waals surface area contributed by atoms with Gasteiger partial charge >= 0.3 is 0 Å². The molecule has 3 rings (SSSR count). The number of carbonyl (C=O) groups excluding carboxylic acids is 2. The molecule has 134 valence electrons. The van der Waals surface area contributed by atoms with Crippen molar-refractivity contribution in [3.05, 3.63) is 69.3 Å². The van der Waals surface area contributed by atoms with Crippen LogP contribution >= 0.6 is 0 Å². The molecule has 0 N–H and O–H groups in total. The molecular formula is C19H19N3O4. The second-order valence-electron chi connectivity index (χ2n) is 6.22. The molecule has 0 aliphatic carbocycles. The SMILES string of the molecule is Cc1ccccc1C(=O)N1CCN(c2ccc(C=O)cc2[N+](=O)[O-])CC1. The first-order chi connectivity index (χ1) is 12.5. The normalized spacial score (nSPS) is 14.2. The molecule has 1 heterocycles. The van der Waals surface area contributed by atoms with E-state index in [4.69, 9.17) is 0 Å². The van der Waals surface area contributed by atoms with E-state index in [1.807, 2.05) is 36.1 Å². The van der Waals surface area contributed by atoms with Crippen molar-refractivity contribution in [2.24, 2.45) is 0 Å². The Hall–Kier alpha value is -3.22. The Morgan fingerprint density at radius 3 is 2.42 bits per heavy atom. The molecule has 2 aromatic rings. The van der Waals surface area contributed by atoms with Crippen LogP contribution in [0.1, 0.15) is 26.3 Å². The fraction of sp³-hybridized carbons (Fsp3) is 0.263. The van der Waals surface area contributed by atoms with E-state index in [2.05, 4.69) is 0 Å². The standard InChI is InChI=1S/C19H19N3O4/c1-14-4-2-3-5-16(14)19(24)21-10-8-20(9-11-21)17-7-6-15(13-23)12-18(17)22(25)26/h2-7,12-13H,8-11H2,1H3. The first-order valence-corrected chi connectivity index (χ1v) is 8.34. The molecule has 0 bridgehead atoms. The van der Waals surface area contributed by atoms with Gasteiger partial charge in [0.2, 0.25) is 0 Å².